The molecule has 0 aliphatic carbocycles. The van der Waals surface area contributed by atoms with Gasteiger partial charge in [-0.25, -0.2) is 8.42 Å². The number of rotatable bonds is 6. The second-order valence-electron chi connectivity index (χ2n) is 6.56. The summed E-state index contributed by atoms with van der Waals surface area (Å²) in [5.74, 6) is 0.196. The van der Waals surface area contributed by atoms with Crippen molar-refractivity contribution in [2.75, 3.05) is 22.2 Å². The first-order chi connectivity index (χ1) is 12.4. The van der Waals surface area contributed by atoms with Crippen molar-refractivity contribution in [3.8, 4) is 0 Å². The van der Waals surface area contributed by atoms with Gasteiger partial charge in [-0.15, -0.1) is 10.2 Å². The summed E-state index contributed by atoms with van der Waals surface area (Å²) in [5, 5.41) is 8.66. The van der Waals surface area contributed by atoms with Crippen molar-refractivity contribution in [1.29, 1.82) is 0 Å². The second kappa shape index (κ2) is 7.79. The van der Waals surface area contributed by atoms with Crippen LogP contribution in [0.25, 0.3) is 0 Å². The van der Waals surface area contributed by atoms with Crippen LogP contribution in [-0.2, 0) is 14.6 Å². The molecule has 0 N–H and O–H groups in total. The summed E-state index contributed by atoms with van der Waals surface area (Å²) >= 11 is 1.32. The lowest BCUT2D eigenvalue weighted by atomic mass is 10.2. The largest absolute Gasteiger partial charge is 0.308 e. The Morgan fingerprint density at radius 1 is 1.35 bits per heavy atom. The number of carbonyl (C=O) groups is 1. The minimum atomic E-state index is -3.09. The quantitative estimate of drug-likeness (QED) is 0.698. The van der Waals surface area contributed by atoms with Gasteiger partial charge in [-0.1, -0.05) is 30.0 Å². The standard InChI is InChI=1S/C17H22N4O3S2/c1-13(2)20-12-18-19-17(20)25-10-16(22)21(14-6-4-3-5-7-14)15-8-9-26(23,24)11-15/h3-7,12-13,15H,8-11H2,1-2H3/t15-/m1/s1. The zero-order valence-electron chi connectivity index (χ0n) is 14.8. The summed E-state index contributed by atoms with van der Waals surface area (Å²) in [6.45, 7) is 4.05. The molecule has 7 nitrogen and oxygen atoms in total. The summed E-state index contributed by atoms with van der Waals surface area (Å²) < 4.78 is 25.7. The van der Waals surface area contributed by atoms with E-state index >= 15 is 0 Å². The maximum atomic E-state index is 13.0. The van der Waals surface area contributed by atoms with Crippen molar-refractivity contribution in [1.82, 2.24) is 14.8 Å². The third-order valence-electron chi connectivity index (χ3n) is 4.30. The van der Waals surface area contributed by atoms with Crippen LogP contribution in [0.15, 0.2) is 41.8 Å². The van der Waals surface area contributed by atoms with Crippen LogP contribution in [0.2, 0.25) is 0 Å². The van der Waals surface area contributed by atoms with Gasteiger partial charge >= 0.3 is 0 Å². The average Bonchev–Trinajstić information content (AvgIpc) is 3.20. The van der Waals surface area contributed by atoms with Gasteiger partial charge in [0.1, 0.15) is 6.33 Å². The van der Waals surface area contributed by atoms with E-state index in [9.17, 15) is 13.2 Å². The van der Waals surface area contributed by atoms with Crippen molar-refractivity contribution < 1.29 is 13.2 Å². The van der Waals surface area contributed by atoms with Crippen LogP contribution in [-0.4, -0.2) is 52.4 Å². The Labute approximate surface area is 157 Å². The first-order valence-electron chi connectivity index (χ1n) is 8.47. The van der Waals surface area contributed by atoms with E-state index < -0.39 is 9.84 Å². The molecular weight excluding hydrogens is 372 g/mol. The molecule has 0 saturated carbocycles. The van der Waals surface area contributed by atoms with E-state index in [2.05, 4.69) is 10.2 Å². The molecule has 26 heavy (non-hydrogen) atoms. The number of nitrogens with zero attached hydrogens (tertiary/aromatic N) is 4. The maximum Gasteiger partial charge on any atom is 0.237 e. The van der Waals surface area contributed by atoms with Crippen LogP contribution in [0.3, 0.4) is 0 Å². The summed E-state index contributed by atoms with van der Waals surface area (Å²) in [6.07, 6.45) is 2.12. The average molecular weight is 395 g/mol. The molecule has 3 rings (SSSR count). The van der Waals surface area contributed by atoms with E-state index in [0.717, 1.165) is 5.69 Å². The molecule has 1 aliphatic rings. The Bertz CT molecular complexity index is 865. The number of amides is 1. The lowest BCUT2D eigenvalue weighted by Crippen LogP contribution is -2.42. The van der Waals surface area contributed by atoms with Crippen LogP contribution in [0.4, 0.5) is 5.69 Å². The van der Waals surface area contributed by atoms with E-state index in [1.165, 1.54) is 11.8 Å². The molecule has 0 unspecified atom stereocenters. The Hall–Kier alpha value is -1.87. The van der Waals surface area contributed by atoms with Crippen LogP contribution in [0.1, 0.15) is 26.3 Å². The Balaban J connectivity index is 1.78. The highest BCUT2D eigenvalue weighted by Gasteiger charge is 2.35. The SMILES string of the molecule is CC(C)n1cnnc1SCC(=O)N(c1ccccc1)[C@@H]1CCS(=O)(=O)C1. The predicted molar refractivity (Wildman–Crippen MR) is 102 cm³/mol. The van der Waals surface area contributed by atoms with E-state index in [0.29, 0.717) is 11.6 Å². The van der Waals surface area contributed by atoms with Gasteiger partial charge in [-0.2, -0.15) is 0 Å². The highest BCUT2D eigenvalue weighted by molar-refractivity contribution is 7.99. The molecule has 0 spiro atoms. The van der Waals surface area contributed by atoms with Gasteiger partial charge in [0.2, 0.25) is 5.91 Å². The predicted octanol–water partition coefficient (Wildman–Crippen LogP) is 2.17. The number of hydrogen-bond donors (Lipinski definition) is 0. The topological polar surface area (TPSA) is 85.2 Å². The van der Waals surface area contributed by atoms with Crippen molar-refractivity contribution in [2.45, 2.75) is 37.5 Å². The molecule has 2 aromatic rings. The number of para-hydroxylation sites is 1. The monoisotopic (exact) mass is 394 g/mol. The van der Waals surface area contributed by atoms with Gasteiger partial charge in [0.05, 0.1) is 23.3 Å². The van der Waals surface area contributed by atoms with Crippen molar-refractivity contribution >= 4 is 33.2 Å². The number of hydrogen-bond acceptors (Lipinski definition) is 6. The fourth-order valence-electron chi connectivity index (χ4n) is 3.01. The van der Waals surface area contributed by atoms with Crippen LogP contribution in [0.5, 0.6) is 0 Å². The van der Waals surface area contributed by atoms with Crippen LogP contribution in [0, 0.1) is 0 Å². The zero-order valence-corrected chi connectivity index (χ0v) is 16.4. The summed E-state index contributed by atoms with van der Waals surface area (Å²) in [4.78, 5) is 14.6. The highest BCUT2D eigenvalue weighted by Crippen LogP contribution is 2.27. The van der Waals surface area contributed by atoms with Crippen molar-refractivity contribution in [3.63, 3.8) is 0 Å². The lowest BCUT2D eigenvalue weighted by molar-refractivity contribution is -0.116. The smallest absolute Gasteiger partial charge is 0.237 e. The Kier molecular flexibility index (Phi) is 5.67. The molecule has 1 aromatic carbocycles. The first-order valence-corrected chi connectivity index (χ1v) is 11.3. The summed E-state index contributed by atoms with van der Waals surface area (Å²) in [7, 11) is -3.09. The molecule has 1 aromatic heterocycles. The molecule has 1 saturated heterocycles. The summed E-state index contributed by atoms with van der Waals surface area (Å²) in [6, 6.07) is 9.13. The van der Waals surface area contributed by atoms with Gasteiger partial charge < -0.3 is 9.47 Å². The van der Waals surface area contributed by atoms with Crippen molar-refractivity contribution in [3.05, 3.63) is 36.7 Å². The molecular formula is C17H22N4O3S2. The van der Waals surface area contributed by atoms with Crippen LogP contribution < -0.4 is 4.90 Å². The molecule has 1 atom stereocenters. The van der Waals surface area contributed by atoms with Gasteiger partial charge in [0.25, 0.3) is 0 Å². The lowest BCUT2D eigenvalue weighted by Gasteiger charge is -2.28. The number of carbonyl (C=O) groups excluding carboxylic acids is 1. The number of thioether (sulfide) groups is 1. The van der Waals surface area contributed by atoms with E-state index in [1.54, 1.807) is 11.2 Å². The number of benzene rings is 1. The zero-order chi connectivity index (χ0) is 18.7. The number of anilines is 1. The van der Waals surface area contributed by atoms with E-state index in [-0.39, 0.29) is 35.2 Å². The molecule has 9 heteroatoms. The van der Waals surface area contributed by atoms with Gasteiger partial charge in [0, 0.05) is 11.7 Å². The molecule has 140 valence electrons. The molecule has 1 aliphatic heterocycles. The molecule has 1 amide bonds. The third-order valence-corrected chi connectivity index (χ3v) is 6.99. The van der Waals surface area contributed by atoms with Gasteiger partial charge in [-0.05, 0) is 32.4 Å². The first kappa shape index (κ1) is 18.9. The maximum absolute atomic E-state index is 13.0. The van der Waals surface area contributed by atoms with Crippen molar-refractivity contribution in [2.24, 2.45) is 0 Å². The highest BCUT2D eigenvalue weighted by atomic mass is 32.2. The minimum absolute atomic E-state index is 0.0144. The van der Waals surface area contributed by atoms with E-state index in [4.69, 9.17) is 0 Å². The Morgan fingerprint density at radius 2 is 2.08 bits per heavy atom. The van der Waals surface area contributed by atoms with Crippen LogP contribution >= 0.6 is 11.8 Å². The Morgan fingerprint density at radius 3 is 2.69 bits per heavy atom. The third kappa shape index (κ3) is 4.27. The second-order valence-corrected chi connectivity index (χ2v) is 9.73. The number of sulfone groups is 1. The molecule has 2 heterocycles. The fraction of sp³-hybridized carbons (Fsp3) is 0.471. The molecule has 0 radical (unpaired) electrons. The number of aromatic nitrogens is 3. The van der Waals surface area contributed by atoms with E-state index in [1.807, 2.05) is 48.7 Å². The molecule has 0 bridgehead atoms. The molecule has 1 fully saturated rings. The fourth-order valence-corrected chi connectivity index (χ4v) is 5.61. The normalized spacial score (nSPS) is 19.0. The minimum Gasteiger partial charge on any atom is -0.308 e. The summed E-state index contributed by atoms with van der Waals surface area (Å²) in [5.41, 5.74) is 0.727. The van der Waals surface area contributed by atoms with Gasteiger partial charge in [-0.3, -0.25) is 4.79 Å². The van der Waals surface area contributed by atoms with Gasteiger partial charge in [0.15, 0.2) is 15.0 Å².